The van der Waals surface area contributed by atoms with E-state index in [4.69, 9.17) is 4.98 Å². The molecule has 2 N–H and O–H groups in total. The van der Waals surface area contributed by atoms with Crippen LogP contribution in [0.1, 0.15) is 65.1 Å². The van der Waals surface area contributed by atoms with Crippen LogP contribution in [0.3, 0.4) is 0 Å². The molecule has 3 aromatic rings. The summed E-state index contributed by atoms with van der Waals surface area (Å²) in [6.45, 7) is 9.43. The fourth-order valence-electron chi connectivity index (χ4n) is 4.85. The van der Waals surface area contributed by atoms with Gasteiger partial charge in [0.05, 0.1) is 0 Å². The van der Waals surface area contributed by atoms with Crippen LogP contribution in [0.2, 0.25) is 0 Å². The number of anilines is 2. The third-order valence-corrected chi connectivity index (χ3v) is 6.70. The van der Waals surface area contributed by atoms with Crippen molar-refractivity contribution >= 4 is 28.4 Å². The second-order valence-electron chi connectivity index (χ2n) is 10.1. The second kappa shape index (κ2) is 11.6. The summed E-state index contributed by atoms with van der Waals surface area (Å²) in [5, 5.41) is 2.98. The lowest BCUT2D eigenvalue weighted by molar-refractivity contribution is -0.116. The van der Waals surface area contributed by atoms with Gasteiger partial charge in [0.1, 0.15) is 5.82 Å². The summed E-state index contributed by atoms with van der Waals surface area (Å²) in [7, 11) is 0. The number of amides is 1. The van der Waals surface area contributed by atoms with Crippen molar-refractivity contribution in [3.63, 3.8) is 0 Å². The maximum Gasteiger partial charge on any atom is 0.330 e. The molecule has 0 radical (unpaired) electrons. The summed E-state index contributed by atoms with van der Waals surface area (Å²) < 4.78 is 3.42. The van der Waals surface area contributed by atoms with Crippen LogP contribution in [0.4, 0.5) is 11.4 Å². The molecule has 0 spiro atoms. The number of benzene rings is 1. The first-order valence-electron chi connectivity index (χ1n) is 13.2. The quantitative estimate of drug-likeness (QED) is 0.445. The first kappa shape index (κ1) is 25.7. The van der Waals surface area contributed by atoms with Crippen LogP contribution in [-0.4, -0.2) is 38.1 Å². The topological polar surface area (TPSA) is 105 Å². The molecule has 4 rings (SSSR count). The minimum absolute atomic E-state index is 0.110. The van der Waals surface area contributed by atoms with Gasteiger partial charge < -0.3 is 14.8 Å². The number of hydrogen-bond acceptors (Lipinski definition) is 5. The monoisotopic (exact) mass is 494 g/mol. The number of aryl methyl sites for hydroxylation is 2. The van der Waals surface area contributed by atoms with Crippen LogP contribution < -0.4 is 21.5 Å². The highest BCUT2D eigenvalue weighted by Gasteiger charge is 2.20. The van der Waals surface area contributed by atoms with E-state index in [1.165, 1.54) is 24.9 Å². The number of imidazole rings is 1. The Morgan fingerprint density at radius 1 is 1.08 bits per heavy atom. The molecule has 194 valence electrons. The van der Waals surface area contributed by atoms with Crippen molar-refractivity contribution in [2.45, 2.75) is 78.8 Å². The van der Waals surface area contributed by atoms with E-state index in [0.29, 0.717) is 36.5 Å². The van der Waals surface area contributed by atoms with Gasteiger partial charge in [-0.25, -0.2) is 9.78 Å². The molecule has 2 aromatic heterocycles. The number of hydrogen-bond donors (Lipinski definition) is 2. The van der Waals surface area contributed by atoms with Crippen LogP contribution in [0, 0.1) is 5.92 Å². The predicted octanol–water partition coefficient (Wildman–Crippen LogP) is 3.90. The molecule has 0 atom stereocenters. The molecule has 0 saturated carbocycles. The Hall–Kier alpha value is -3.36. The fraction of sp³-hybridized carbons (Fsp3) is 0.556. The van der Waals surface area contributed by atoms with Crippen LogP contribution in [0.5, 0.6) is 0 Å². The van der Waals surface area contributed by atoms with Crippen molar-refractivity contribution in [2.24, 2.45) is 5.92 Å². The van der Waals surface area contributed by atoms with E-state index < -0.39 is 11.2 Å². The average molecular weight is 495 g/mol. The van der Waals surface area contributed by atoms with Gasteiger partial charge in [0.25, 0.3) is 5.56 Å². The molecule has 1 aromatic carbocycles. The van der Waals surface area contributed by atoms with Crippen LogP contribution in [0.25, 0.3) is 11.2 Å². The summed E-state index contributed by atoms with van der Waals surface area (Å²) in [5.74, 6) is 0.806. The van der Waals surface area contributed by atoms with E-state index >= 15 is 0 Å². The predicted molar refractivity (Wildman–Crippen MR) is 144 cm³/mol. The number of H-pyrrole nitrogens is 1. The molecule has 0 unspecified atom stereocenters. The number of rotatable bonds is 10. The van der Waals surface area contributed by atoms with Crippen LogP contribution >= 0.6 is 0 Å². The summed E-state index contributed by atoms with van der Waals surface area (Å²) in [4.78, 5) is 47.5. The van der Waals surface area contributed by atoms with E-state index in [1.807, 2.05) is 16.7 Å². The Morgan fingerprint density at radius 3 is 2.47 bits per heavy atom. The number of carbonyl (C=O) groups is 1. The van der Waals surface area contributed by atoms with Crippen molar-refractivity contribution in [1.82, 2.24) is 19.1 Å². The molecule has 1 aliphatic heterocycles. The number of aromatic nitrogens is 4. The van der Waals surface area contributed by atoms with Crippen molar-refractivity contribution in [1.29, 1.82) is 0 Å². The SMILES string of the molecule is CCCCn1c(=O)[nH]c(=O)c2c1nc(CCC(=O)Nc1ccc(N3CCCCC3)cc1)n2CC(C)C. The van der Waals surface area contributed by atoms with Gasteiger partial charge in [-0.2, -0.15) is 0 Å². The third-order valence-electron chi connectivity index (χ3n) is 6.70. The van der Waals surface area contributed by atoms with E-state index in [-0.39, 0.29) is 18.2 Å². The highest BCUT2D eigenvalue weighted by molar-refractivity contribution is 5.91. The molecule has 1 fully saturated rings. The third kappa shape index (κ3) is 5.88. The largest absolute Gasteiger partial charge is 0.372 e. The van der Waals surface area contributed by atoms with Gasteiger partial charge in [-0.15, -0.1) is 0 Å². The molecule has 3 heterocycles. The number of aromatic amines is 1. The number of fused-ring (bicyclic) bond motifs is 1. The molecule has 36 heavy (non-hydrogen) atoms. The van der Waals surface area contributed by atoms with Gasteiger partial charge in [0.2, 0.25) is 5.91 Å². The molecule has 1 saturated heterocycles. The van der Waals surface area contributed by atoms with Crippen molar-refractivity contribution in [2.75, 3.05) is 23.3 Å². The Balaban J connectivity index is 1.50. The van der Waals surface area contributed by atoms with Crippen molar-refractivity contribution in [3.8, 4) is 0 Å². The highest BCUT2D eigenvalue weighted by Crippen LogP contribution is 2.22. The van der Waals surface area contributed by atoms with E-state index in [2.05, 4.69) is 48.1 Å². The number of nitrogens with one attached hydrogen (secondary N) is 2. The highest BCUT2D eigenvalue weighted by atomic mass is 16.2. The van der Waals surface area contributed by atoms with Crippen LogP contribution in [-0.2, 0) is 24.3 Å². The zero-order chi connectivity index (χ0) is 25.7. The van der Waals surface area contributed by atoms with Gasteiger partial charge >= 0.3 is 5.69 Å². The van der Waals surface area contributed by atoms with Gasteiger partial charge in [-0.1, -0.05) is 27.2 Å². The molecular formula is C27H38N6O3. The first-order chi connectivity index (χ1) is 17.4. The lowest BCUT2D eigenvalue weighted by Gasteiger charge is -2.28. The summed E-state index contributed by atoms with van der Waals surface area (Å²) >= 11 is 0. The molecule has 1 amide bonds. The zero-order valence-corrected chi connectivity index (χ0v) is 21.7. The molecule has 0 aliphatic carbocycles. The van der Waals surface area contributed by atoms with Gasteiger partial charge in [-0.05, 0) is 55.9 Å². The Kier molecular flexibility index (Phi) is 8.28. The van der Waals surface area contributed by atoms with Crippen molar-refractivity contribution in [3.05, 3.63) is 50.9 Å². The first-order valence-corrected chi connectivity index (χ1v) is 13.2. The molecule has 1 aliphatic rings. The molecular weight excluding hydrogens is 456 g/mol. The van der Waals surface area contributed by atoms with Gasteiger partial charge in [-0.3, -0.25) is 19.1 Å². The average Bonchev–Trinajstić information content (AvgIpc) is 3.21. The Bertz CT molecular complexity index is 1300. The lowest BCUT2D eigenvalue weighted by atomic mass is 10.1. The number of piperidine rings is 1. The minimum Gasteiger partial charge on any atom is -0.372 e. The Morgan fingerprint density at radius 2 is 1.81 bits per heavy atom. The van der Waals surface area contributed by atoms with Gasteiger partial charge in [0, 0.05) is 50.4 Å². The van der Waals surface area contributed by atoms with E-state index in [9.17, 15) is 14.4 Å². The maximum atomic E-state index is 12.8. The normalized spacial score (nSPS) is 14.1. The maximum absolute atomic E-state index is 12.8. The molecule has 9 heteroatoms. The summed E-state index contributed by atoms with van der Waals surface area (Å²) in [6, 6.07) is 8.01. The zero-order valence-electron chi connectivity index (χ0n) is 21.7. The summed E-state index contributed by atoms with van der Waals surface area (Å²) in [5.41, 5.74) is 1.90. The number of carbonyl (C=O) groups excluding carboxylic acids is 1. The Labute approximate surface area is 211 Å². The summed E-state index contributed by atoms with van der Waals surface area (Å²) in [6.07, 6.45) is 6.08. The van der Waals surface area contributed by atoms with Crippen LogP contribution in [0.15, 0.2) is 33.9 Å². The second-order valence-corrected chi connectivity index (χ2v) is 10.1. The smallest absolute Gasteiger partial charge is 0.330 e. The molecule has 0 bridgehead atoms. The molecule has 9 nitrogen and oxygen atoms in total. The fourth-order valence-corrected chi connectivity index (χ4v) is 4.85. The number of unbranched alkanes of at least 4 members (excludes halogenated alkanes) is 1. The standard InChI is InChI=1S/C27H38N6O3/c1-4-5-17-32-25-24(26(35)30-27(32)36)33(18-19(2)3)22(29-25)13-14-23(34)28-20-9-11-21(12-10-20)31-15-7-6-8-16-31/h9-12,19H,4-8,13-18H2,1-3H3,(H,28,34)(H,30,35,36). The van der Waals surface area contributed by atoms with Crippen molar-refractivity contribution < 1.29 is 4.79 Å². The van der Waals surface area contributed by atoms with Gasteiger partial charge in [0.15, 0.2) is 11.2 Å². The minimum atomic E-state index is -0.438. The number of nitrogens with zero attached hydrogens (tertiary/aromatic N) is 4. The lowest BCUT2D eigenvalue weighted by Crippen LogP contribution is -2.31. The van der Waals surface area contributed by atoms with E-state index in [1.54, 1.807) is 4.57 Å². The van der Waals surface area contributed by atoms with E-state index in [0.717, 1.165) is 31.6 Å².